The molecule has 0 atom stereocenters. The van der Waals surface area contributed by atoms with E-state index in [1.165, 1.54) is 13.4 Å². The van der Waals surface area contributed by atoms with E-state index in [0.29, 0.717) is 22.8 Å². The van der Waals surface area contributed by atoms with Crippen molar-refractivity contribution in [1.82, 2.24) is 0 Å². The number of carbonyl (C=O) groups is 1. The standard InChI is InChI=1S/C24H19NO5/c1-28-15-19(24(26)27)18-8-6-5-7-16(18)14-29-17-11-12-21-23(13-17)30-22-10-4-2-3-9-20(22)25-21/h2-13,15H,14H2,1H3,(H,26,27)/b19-15+. The molecule has 30 heavy (non-hydrogen) atoms. The number of aliphatic carboxylic acids is 1. The molecule has 2 aromatic carbocycles. The van der Waals surface area contributed by atoms with Gasteiger partial charge in [0, 0.05) is 6.07 Å². The highest BCUT2D eigenvalue weighted by Gasteiger charge is 2.19. The first kappa shape index (κ1) is 19.3. The number of ether oxygens (including phenoxy) is 3. The number of rotatable bonds is 6. The summed E-state index contributed by atoms with van der Waals surface area (Å²) in [5.41, 5.74) is 2.81. The molecule has 150 valence electrons. The smallest absolute Gasteiger partial charge is 0.339 e. The van der Waals surface area contributed by atoms with Crippen LogP contribution in [0.1, 0.15) is 11.1 Å². The molecular weight excluding hydrogens is 382 g/mol. The predicted molar refractivity (Wildman–Crippen MR) is 114 cm³/mol. The summed E-state index contributed by atoms with van der Waals surface area (Å²) in [6.07, 6.45) is 10.7. The molecule has 0 saturated carbocycles. The highest BCUT2D eigenvalue weighted by Crippen LogP contribution is 2.37. The van der Waals surface area contributed by atoms with Crippen LogP contribution in [0.25, 0.3) is 5.57 Å². The van der Waals surface area contributed by atoms with Crippen LogP contribution in [-0.4, -0.2) is 23.9 Å². The lowest BCUT2D eigenvalue weighted by Crippen LogP contribution is -2.10. The topological polar surface area (TPSA) is 77.4 Å². The molecule has 2 aromatic rings. The maximum Gasteiger partial charge on any atom is 0.339 e. The number of hydrogen-bond acceptors (Lipinski definition) is 5. The fourth-order valence-electron chi connectivity index (χ4n) is 3.12. The Hall–Kier alpha value is -4.06. The molecule has 1 aliphatic heterocycles. The van der Waals surface area contributed by atoms with Gasteiger partial charge in [-0.1, -0.05) is 42.5 Å². The number of nitrogens with zero attached hydrogens (tertiary/aromatic N) is 1. The summed E-state index contributed by atoms with van der Waals surface area (Å²) >= 11 is 0. The van der Waals surface area contributed by atoms with Gasteiger partial charge >= 0.3 is 5.97 Å². The third-order valence-electron chi connectivity index (χ3n) is 4.54. The number of allylic oxidation sites excluding steroid dienone is 5. The van der Waals surface area contributed by atoms with Gasteiger partial charge < -0.3 is 19.3 Å². The Morgan fingerprint density at radius 3 is 2.87 bits per heavy atom. The van der Waals surface area contributed by atoms with E-state index >= 15 is 0 Å². The van der Waals surface area contributed by atoms with Crippen LogP contribution < -0.4 is 9.47 Å². The minimum absolute atomic E-state index is 0.0637. The molecule has 2 aliphatic rings. The molecule has 1 N–H and O–H groups in total. The lowest BCUT2D eigenvalue weighted by molar-refractivity contribution is -0.130. The van der Waals surface area contributed by atoms with Gasteiger partial charge in [-0.2, -0.15) is 0 Å². The molecule has 4 rings (SSSR count). The van der Waals surface area contributed by atoms with Crippen molar-refractivity contribution in [2.24, 2.45) is 4.99 Å². The van der Waals surface area contributed by atoms with Crippen molar-refractivity contribution in [2.75, 3.05) is 7.11 Å². The van der Waals surface area contributed by atoms with Crippen molar-refractivity contribution in [3.8, 4) is 11.5 Å². The molecule has 0 spiro atoms. The van der Waals surface area contributed by atoms with Crippen LogP contribution in [0.15, 0.2) is 89.9 Å². The fraction of sp³-hybridized carbons (Fsp3) is 0.0833. The molecule has 0 fully saturated rings. The summed E-state index contributed by atoms with van der Waals surface area (Å²) in [5, 5.41) is 9.48. The number of aliphatic imine (C=N–C) groups is 1. The number of methoxy groups -OCH3 is 1. The van der Waals surface area contributed by atoms with E-state index in [4.69, 9.17) is 14.2 Å². The zero-order chi connectivity index (χ0) is 20.9. The minimum atomic E-state index is -1.07. The zero-order valence-corrected chi connectivity index (χ0v) is 16.2. The average Bonchev–Trinajstić information content (AvgIpc) is 2.99. The Morgan fingerprint density at radius 2 is 2.03 bits per heavy atom. The number of carboxylic acids is 1. The van der Waals surface area contributed by atoms with E-state index in [1.807, 2.05) is 54.6 Å². The van der Waals surface area contributed by atoms with Gasteiger partial charge in [-0.3, -0.25) is 0 Å². The SMILES string of the molecule is CO/C=C(/C(=O)O)c1ccccc1COc1ccc2c(c1)OC1=CC=CC=CC1=N2. The fourth-order valence-corrected chi connectivity index (χ4v) is 3.12. The first-order valence-corrected chi connectivity index (χ1v) is 9.29. The third-order valence-corrected chi connectivity index (χ3v) is 4.54. The Labute approximate surface area is 173 Å². The lowest BCUT2D eigenvalue weighted by Gasteiger charge is -2.18. The predicted octanol–water partition coefficient (Wildman–Crippen LogP) is 4.81. The number of fused-ring (bicyclic) bond motifs is 2. The number of hydrogen-bond donors (Lipinski definition) is 1. The van der Waals surface area contributed by atoms with Gasteiger partial charge in [0.1, 0.15) is 29.3 Å². The molecule has 1 aliphatic carbocycles. The first-order valence-electron chi connectivity index (χ1n) is 9.29. The van der Waals surface area contributed by atoms with Crippen LogP contribution in [0.2, 0.25) is 0 Å². The van der Waals surface area contributed by atoms with Crippen molar-refractivity contribution < 1.29 is 24.1 Å². The molecule has 0 aromatic heterocycles. The molecule has 6 nitrogen and oxygen atoms in total. The Kier molecular flexibility index (Phi) is 5.48. The number of carboxylic acid groups (broad SMARTS) is 1. The highest BCUT2D eigenvalue weighted by atomic mass is 16.5. The van der Waals surface area contributed by atoms with Gasteiger partial charge in [-0.25, -0.2) is 9.79 Å². The summed E-state index contributed by atoms with van der Waals surface area (Å²) < 4.78 is 16.8. The molecule has 0 unspecified atom stereocenters. The molecule has 0 amide bonds. The van der Waals surface area contributed by atoms with E-state index in [9.17, 15) is 9.90 Å². The van der Waals surface area contributed by atoms with Crippen molar-refractivity contribution in [3.63, 3.8) is 0 Å². The van der Waals surface area contributed by atoms with Crippen molar-refractivity contribution in [1.29, 1.82) is 0 Å². The van der Waals surface area contributed by atoms with E-state index in [1.54, 1.807) is 18.2 Å². The van der Waals surface area contributed by atoms with E-state index < -0.39 is 5.97 Å². The quantitative estimate of drug-likeness (QED) is 0.555. The van der Waals surface area contributed by atoms with Crippen LogP contribution in [0.3, 0.4) is 0 Å². The molecule has 0 radical (unpaired) electrons. The third kappa shape index (κ3) is 4.03. The van der Waals surface area contributed by atoms with Crippen LogP contribution in [0.5, 0.6) is 11.5 Å². The summed E-state index contributed by atoms with van der Waals surface area (Å²) in [6.45, 7) is 0.186. The van der Waals surface area contributed by atoms with E-state index in [-0.39, 0.29) is 12.2 Å². The van der Waals surface area contributed by atoms with Crippen molar-refractivity contribution in [3.05, 3.63) is 96.0 Å². The average molecular weight is 401 g/mol. The van der Waals surface area contributed by atoms with E-state index in [0.717, 1.165) is 17.0 Å². The van der Waals surface area contributed by atoms with Gasteiger partial charge in [0.25, 0.3) is 0 Å². The van der Waals surface area contributed by atoms with E-state index in [2.05, 4.69) is 4.99 Å². The minimum Gasteiger partial charge on any atom is -0.503 e. The maximum atomic E-state index is 11.6. The maximum absolute atomic E-state index is 11.6. The first-order chi connectivity index (χ1) is 14.7. The summed E-state index contributed by atoms with van der Waals surface area (Å²) in [6, 6.07) is 12.6. The second-order valence-electron chi connectivity index (χ2n) is 6.52. The zero-order valence-electron chi connectivity index (χ0n) is 16.2. The van der Waals surface area contributed by atoms with Crippen molar-refractivity contribution >= 4 is 22.9 Å². The normalized spacial score (nSPS) is 14.5. The van der Waals surface area contributed by atoms with Gasteiger partial charge in [0.2, 0.25) is 0 Å². The summed E-state index contributed by atoms with van der Waals surface area (Å²) in [7, 11) is 1.42. The second kappa shape index (κ2) is 8.53. The summed E-state index contributed by atoms with van der Waals surface area (Å²) in [4.78, 5) is 16.2. The van der Waals surface area contributed by atoms with Gasteiger partial charge in [-0.05, 0) is 35.4 Å². The second-order valence-corrected chi connectivity index (χ2v) is 6.52. The number of benzene rings is 2. The van der Waals surface area contributed by atoms with Gasteiger partial charge in [0.15, 0.2) is 11.5 Å². The van der Waals surface area contributed by atoms with Crippen LogP contribution in [-0.2, 0) is 16.1 Å². The largest absolute Gasteiger partial charge is 0.503 e. The highest BCUT2D eigenvalue weighted by molar-refractivity contribution is 6.15. The van der Waals surface area contributed by atoms with Gasteiger partial charge in [-0.15, -0.1) is 0 Å². The van der Waals surface area contributed by atoms with Crippen molar-refractivity contribution in [2.45, 2.75) is 6.61 Å². The Balaban J connectivity index is 1.56. The Morgan fingerprint density at radius 1 is 1.17 bits per heavy atom. The lowest BCUT2D eigenvalue weighted by atomic mass is 10.0. The van der Waals surface area contributed by atoms with Crippen LogP contribution in [0, 0.1) is 0 Å². The Bertz CT molecular complexity index is 1140. The molecular formula is C24H19NO5. The van der Waals surface area contributed by atoms with Crippen LogP contribution in [0.4, 0.5) is 5.69 Å². The molecule has 0 saturated heterocycles. The monoisotopic (exact) mass is 401 g/mol. The molecule has 0 bridgehead atoms. The summed E-state index contributed by atoms with van der Waals surface area (Å²) in [5.74, 6) is 0.797. The van der Waals surface area contributed by atoms with Gasteiger partial charge in [0.05, 0.1) is 13.4 Å². The molecule has 1 heterocycles. The van der Waals surface area contributed by atoms with Crippen LogP contribution >= 0.6 is 0 Å². The molecule has 6 heteroatoms.